The molecule has 4 rings (SSSR count). The molecule has 1 fully saturated rings. The summed E-state index contributed by atoms with van der Waals surface area (Å²) in [7, 11) is 0. The largest absolute Gasteiger partial charge is 0.352 e. The van der Waals surface area contributed by atoms with Crippen LogP contribution in [0.3, 0.4) is 0 Å². The Morgan fingerprint density at radius 3 is 2.81 bits per heavy atom. The number of aromatic nitrogens is 2. The summed E-state index contributed by atoms with van der Waals surface area (Å²) in [5.74, 6) is 2.40. The molecule has 3 nitrogen and oxygen atoms in total. The van der Waals surface area contributed by atoms with Crippen molar-refractivity contribution in [1.82, 2.24) is 9.97 Å². The van der Waals surface area contributed by atoms with Crippen molar-refractivity contribution in [3.8, 4) is 0 Å². The molecule has 1 aromatic heterocycles. The SMILES string of the molecule is Clc1cc(N2CCc3cc(Br)ccc3C2)nc(C2CC2)n1. The van der Waals surface area contributed by atoms with E-state index in [1.165, 1.54) is 24.0 Å². The monoisotopic (exact) mass is 363 g/mol. The Labute approximate surface area is 137 Å². The summed E-state index contributed by atoms with van der Waals surface area (Å²) in [6.45, 7) is 1.86. The van der Waals surface area contributed by atoms with Crippen molar-refractivity contribution in [2.45, 2.75) is 31.7 Å². The Balaban J connectivity index is 1.64. The molecule has 0 N–H and O–H groups in total. The van der Waals surface area contributed by atoms with Gasteiger partial charge in [-0.3, -0.25) is 0 Å². The highest BCUT2D eigenvalue weighted by atomic mass is 79.9. The van der Waals surface area contributed by atoms with Gasteiger partial charge < -0.3 is 4.90 Å². The molecule has 2 heterocycles. The molecule has 1 aromatic carbocycles. The van der Waals surface area contributed by atoms with Gasteiger partial charge >= 0.3 is 0 Å². The molecule has 2 aliphatic rings. The van der Waals surface area contributed by atoms with Crippen LogP contribution in [-0.4, -0.2) is 16.5 Å². The van der Waals surface area contributed by atoms with Gasteiger partial charge in [0.05, 0.1) is 0 Å². The number of hydrogen-bond acceptors (Lipinski definition) is 3. The topological polar surface area (TPSA) is 29.0 Å². The van der Waals surface area contributed by atoms with Gasteiger partial charge in [-0.1, -0.05) is 33.6 Å². The maximum Gasteiger partial charge on any atom is 0.135 e. The van der Waals surface area contributed by atoms with E-state index in [0.717, 1.165) is 35.6 Å². The average molecular weight is 365 g/mol. The average Bonchev–Trinajstić information content (AvgIpc) is 3.30. The van der Waals surface area contributed by atoms with Gasteiger partial charge in [0.1, 0.15) is 16.8 Å². The highest BCUT2D eigenvalue weighted by Crippen LogP contribution is 2.39. The van der Waals surface area contributed by atoms with Crippen molar-refractivity contribution >= 4 is 33.3 Å². The Bertz CT molecular complexity index is 700. The molecule has 0 spiro atoms. The highest BCUT2D eigenvalue weighted by Gasteiger charge is 2.28. The van der Waals surface area contributed by atoms with Gasteiger partial charge in [-0.25, -0.2) is 9.97 Å². The zero-order valence-electron chi connectivity index (χ0n) is 11.5. The molecule has 0 unspecified atom stereocenters. The van der Waals surface area contributed by atoms with E-state index in [1.807, 2.05) is 6.07 Å². The third-order valence-corrected chi connectivity index (χ3v) is 4.83. The van der Waals surface area contributed by atoms with Crippen molar-refractivity contribution < 1.29 is 0 Å². The molecule has 108 valence electrons. The second-order valence-electron chi connectivity index (χ2n) is 5.77. The van der Waals surface area contributed by atoms with Gasteiger partial charge in [0.2, 0.25) is 0 Å². The molecule has 2 aromatic rings. The number of fused-ring (bicyclic) bond motifs is 1. The van der Waals surface area contributed by atoms with Crippen molar-refractivity contribution in [2.24, 2.45) is 0 Å². The lowest BCUT2D eigenvalue weighted by Crippen LogP contribution is -2.31. The molecule has 0 bridgehead atoms. The summed E-state index contributed by atoms with van der Waals surface area (Å²) in [5.41, 5.74) is 2.79. The van der Waals surface area contributed by atoms with Crippen LogP contribution in [0.4, 0.5) is 5.82 Å². The smallest absolute Gasteiger partial charge is 0.135 e. The number of nitrogens with zero attached hydrogens (tertiary/aromatic N) is 3. The molecule has 1 saturated carbocycles. The summed E-state index contributed by atoms with van der Waals surface area (Å²) in [4.78, 5) is 11.4. The normalized spacial score (nSPS) is 17.7. The van der Waals surface area contributed by atoms with E-state index in [1.54, 1.807) is 0 Å². The van der Waals surface area contributed by atoms with Gasteiger partial charge in [0.25, 0.3) is 0 Å². The number of halogens is 2. The van der Waals surface area contributed by atoms with Crippen LogP contribution in [0.25, 0.3) is 0 Å². The summed E-state index contributed by atoms with van der Waals surface area (Å²) in [6, 6.07) is 8.40. The minimum Gasteiger partial charge on any atom is -0.352 e. The van der Waals surface area contributed by atoms with Gasteiger partial charge in [-0.2, -0.15) is 0 Å². The molecule has 0 amide bonds. The van der Waals surface area contributed by atoms with E-state index in [0.29, 0.717) is 11.1 Å². The van der Waals surface area contributed by atoms with E-state index >= 15 is 0 Å². The Kier molecular flexibility index (Phi) is 3.38. The Morgan fingerprint density at radius 1 is 1.14 bits per heavy atom. The van der Waals surface area contributed by atoms with E-state index in [9.17, 15) is 0 Å². The number of benzene rings is 1. The van der Waals surface area contributed by atoms with Crippen molar-refractivity contribution in [3.63, 3.8) is 0 Å². The van der Waals surface area contributed by atoms with Crippen LogP contribution in [0.2, 0.25) is 5.15 Å². The fourth-order valence-corrected chi connectivity index (χ4v) is 3.42. The Morgan fingerprint density at radius 2 is 2.00 bits per heavy atom. The van der Waals surface area contributed by atoms with E-state index < -0.39 is 0 Å². The highest BCUT2D eigenvalue weighted by molar-refractivity contribution is 9.10. The van der Waals surface area contributed by atoms with Crippen molar-refractivity contribution in [1.29, 1.82) is 0 Å². The lowest BCUT2D eigenvalue weighted by atomic mass is 10.00. The van der Waals surface area contributed by atoms with Gasteiger partial charge in [-0.05, 0) is 42.5 Å². The maximum absolute atomic E-state index is 6.18. The molecular formula is C16H15BrClN3. The van der Waals surface area contributed by atoms with Crippen LogP contribution in [0, 0.1) is 0 Å². The molecule has 0 atom stereocenters. The van der Waals surface area contributed by atoms with Crippen LogP contribution in [0.1, 0.15) is 35.7 Å². The predicted octanol–water partition coefficient (Wildman–Crippen LogP) is 4.33. The number of anilines is 1. The summed E-state index contributed by atoms with van der Waals surface area (Å²) < 4.78 is 1.15. The molecule has 0 radical (unpaired) electrons. The molecule has 1 aliphatic carbocycles. The number of hydrogen-bond donors (Lipinski definition) is 0. The standard InChI is InChI=1S/C16H15BrClN3/c17-13-4-3-12-9-21(6-5-11(12)7-13)15-8-14(18)19-16(20-15)10-1-2-10/h3-4,7-8,10H,1-2,5-6,9H2. The van der Waals surface area contributed by atoms with E-state index in [-0.39, 0.29) is 0 Å². The second-order valence-corrected chi connectivity index (χ2v) is 7.07. The summed E-state index contributed by atoms with van der Waals surface area (Å²) in [6.07, 6.45) is 3.42. The maximum atomic E-state index is 6.18. The second kappa shape index (κ2) is 5.25. The third-order valence-electron chi connectivity index (χ3n) is 4.15. The zero-order valence-corrected chi connectivity index (χ0v) is 13.9. The van der Waals surface area contributed by atoms with E-state index in [2.05, 4.69) is 44.0 Å². The summed E-state index contributed by atoms with van der Waals surface area (Å²) >= 11 is 9.72. The fourth-order valence-electron chi connectivity index (χ4n) is 2.83. The van der Waals surface area contributed by atoms with Crippen molar-refractivity contribution in [2.75, 3.05) is 11.4 Å². The first kappa shape index (κ1) is 13.5. The first-order chi connectivity index (χ1) is 10.2. The molecule has 21 heavy (non-hydrogen) atoms. The third kappa shape index (κ3) is 2.79. The van der Waals surface area contributed by atoms with Crippen LogP contribution in [0.5, 0.6) is 0 Å². The van der Waals surface area contributed by atoms with Crippen molar-refractivity contribution in [3.05, 3.63) is 50.8 Å². The predicted molar refractivity (Wildman–Crippen MR) is 87.9 cm³/mol. The van der Waals surface area contributed by atoms with Gasteiger partial charge in [0, 0.05) is 29.5 Å². The van der Waals surface area contributed by atoms with Crippen LogP contribution in [0.15, 0.2) is 28.7 Å². The van der Waals surface area contributed by atoms with Crippen LogP contribution in [-0.2, 0) is 13.0 Å². The zero-order chi connectivity index (χ0) is 14.4. The molecule has 0 saturated heterocycles. The summed E-state index contributed by atoms with van der Waals surface area (Å²) in [5, 5.41) is 0.559. The Hall–Kier alpha value is -1.13. The van der Waals surface area contributed by atoms with E-state index in [4.69, 9.17) is 16.6 Å². The molecule has 5 heteroatoms. The lowest BCUT2D eigenvalue weighted by Gasteiger charge is -2.30. The lowest BCUT2D eigenvalue weighted by molar-refractivity contribution is 0.713. The molecule has 1 aliphatic heterocycles. The number of rotatable bonds is 2. The quantitative estimate of drug-likeness (QED) is 0.743. The van der Waals surface area contributed by atoms with Gasteiger partial charge in [-0.15, -0.1) is 0 Å². The van der Waals surface area contributed by atoms with Crippen LogP contribution >= 0.6 is 27.5 Å². The fraction of sp³-hybridized carbons (Fsp3) is 0.375. The molecular weight excluding hydrogens is 350 g/mol. The minimum atomic E-state index is 0.524. The van der Waals surface area contributed by atoms with Crippen LogP contribution < -0.4 is 4.90 Å². The first-order valence-electron chi connectivity index (χ1n) is 7.26. The van der Waals surface area contributed by atoms with Gasteiger partial charge in [0.15, 0.2) is 0 Å². The first-order valence-corrected chi connectivity index (χ1v) is 8.43. The minimum absolute atomic E-state index is 0.524.